The predicted octanol–water partition coefficient (Wildman–Crippen LogP) is -1.77. The highest BCUT2D eigenvalue weighted by atomic mass is 16.7. The van der Waals surface area contributed by atoms with Crippen molar-refractivity contribution in [2.45, 2.75) is 37.1 Å². The summed E-state index contributed by atoms with van der Waals surface area (Å²) in [5.41, 5.74) is 0. The van der Waals surface area contributed by atoms with Crippen molar-refractivity contribution in [2.75, 3.05) is 19.8 Å². The predicted molar refractivity (Wildman–Crippen MR) is 48.1 cm³/mol. The van der Waals surface area contributed by atoms with Crippen LogP contribution in [0.1, 0.15) is 6.42 Å². The number of hydrogen-bond acceptors (Lipinski definition) is 6. The van der Waals surface area contributed by atoms with E-state index in [-0.39, 0.29) is 6.61 Å². The number of aliphatic hydroxyl groups excluding tert-OH is 3. The smallest absolute Gasteiger partial charge is 0.186 e. The molecule has 0 saturated carbocycles. The van der Waals surface area contributed by atoms with E-state index in [0.717, 1.165) is 0 Å². The van der Waals surface area contributed by atoms with E-state index in [1.165, 1.54) is 0 Å². The van der Waals surface area contributed by atoms with Crippen LogP contribution in [0.3, 0.4) is 0 Å². The van der Waals surface area contributed by atoms with Gasteiger partial charge in [-0.3, -0.25) is 0 Å². The van der Waals surface area contributed by atoms with Gasteiger partial charge in [0.15, 0.2) is 6.29 Å². The Hall–Kier alpha value is -0.240. The molecule has 0 aromatic heterocycles. The molecule has 88 valence electrons. The first-order valence-corrected chi connectivity index (χ1v) is 5.09. The molecule has 5 unspecified atom stereocenters. The Morgan fingerprint density at radius 1 is 1.07 bits per heavy atom. The maximum absolute atomic E-state index is 9.75. The molecule has 3 saturated heterocycles. The maximum atomic E-state index is 9.75. The van der Waals surface area contributed by atoms with Gasteiger partial charge in [0.25, 0.3) is 0 Å². The average molecular weight is 220 g/mol. The summed E-state index contributed by atoms with van der Waals surface area (Å²) in [6, 6.07) is 0. The molecule has 0 aromatic rings. The van der Waals surface area contributed by atoms with Crippen LogP contribution in [0.2, 0.25) is 0 Å². The Morgan fingerprint density at radius 3 is 2.53 bits per heavy atom. The van der Waals surface area contributed by atoms with E-state index in [2.05, 4.69) is 0 Å². The second-order valence-electron chi connectivity index (χ2n) is 3.77. The van der Waals surface area contributed by atoms with Gasteiger partial charge in [-0.1, -0.05) is 0 Å². The molecule has 6 heteroatoms. The van der Waals surface area contributed by atoms with Crippen LogP contribution < -0.4 is 0 Å². The third kappa shape index (κ3) is 2.15. The van der Waals surface area contributed by atoms with Gasteiger partial charge in [0, 0.05) is 6.61 Å². The zero-order valence-electron chi connectivity index (χ0n) is 8.28. The van der Waals surface area contributed by atoms with Gasteiger partial charge in [-0.25, -0.2) is 0 Å². The second kappa shape index (κ2) is 4.73. The lowest BCUT2D eigenvalue weighted by atomic mass is 9.99. The number of rotatable bonds is 1. The van der Waals surface area contributed by atoms with Gasteiger partial charge < -0.3 is 29.5 Å². The topological polar surface area (TPSA) is 88.4 Å². The van der Waals surface area contributed by atoms with E-state index in [1.54, 1.807) is 0 Å². The summed E-state index contributed by atoms with van der Waals surface area (Å²) < 4.78 is 15.9. The summed E-state index contributed by atoms with van der Waals surface area (Å²) in [6.07, 6.45) is -3.76. The van der Waals surface area contributed by atoms with E-state index in [1.807, 2.05) is 0 Å². The summed E-state index contributed by atoms with van der Waals surface area (Å²) in [6.45, 7) is 0.550. The van der Waals surface area contributed by atoms with Gasteiger partial charge in [0.1, 0.15) is 24.4 Å². The number of aliphatic hydroxyl groups is 3. The molecule has 3 heterocycles. The molecule has 2 bridgehead atoms. The molecular weight excluding hydrogens is 204 g/mol. The largest absolute Gasteiger partial charge is 0.394 e. The SMILES string of the molecule is OCC1OC2OCCCOC1C(O)C2O. The Labute approximate surface area is 87.4 Å². The highest BCUT2D eigenvalue weighted by Gasteiger charge is 2.46. The molecular formula is C9H16O6. The molecule has 0 radical (unpaired) electrons. The van der Waals surface area contributed by atoms with Crippen molar-refractivity contribution in [2.24, 2.45) is 0 Å². The highest BCUT2D eigenvalue weighted by Crippen LogP contribution is 2.25. The van der Waals surface area contributed by atoms with Gasteiger partial charge in [-0.2, -0.15) is 0 Å². The average Bonchev–Trinajstić information content (AvgIpc) is 2.38. The summed E-state index contributed by atoms with van der Waals surface area (Å²) in [4.78, 5) is 0. The molecule has 3 N–H and O–H groups in total. The van der Waals surface area contributed by atoms with Crippen molar-refractivity contribution < 1.29 is 29.5 Å². The molecule has 15 heavy (non-hydrogen) atoms. The normalized spacial score (nSPS) is 47.0. The van der Waals surface area contributed by atoms with Gasteiger partial charge in [-0.15, -0.1) is 0 Å². The number of fused-ring (bicyclic) bond motifs is 6. The van der Waals surface area contributed by atoms with Crippen molar-refractivity contribution in [3.8, 4) is 0 Å². The Morgan fingerprint density at radius 2 is 1.80 bits per heavy atom. The summed E-state index contributed by atoms with van der Waals surface area (Å²) >= 11 is 0. The molecule has 3 rings (SSSR count). The molecule has 6 nitrogen and oxygen atoms in total. The fraction of sp³-hybridized carbons (Fsp3) is 1.00. The molecule has 5 atom stereocenters. The van der Waals surface area contributed by atoms with Crippen LogP contribution in [0.25, 0.3) is 0 Å². The highest BCUT2D eigenvalue weighted by molar-refractivity contribution is 4.90. The third-order valence-electron chi connectivity index (χ3n) is 2.70. The molecule has 0 amide bonds. The molecule has 0 aromatic carbocycles. The zero-order valence-corrected chi connectivity index (χ0v) is 8.28. The second-order valence-corrected chi connectivity index (χ2v) is 3.77. The van der Waals surface area contributed by atoms with E-state index in [4.69, 9.17) is 19.3 Å². The lowest BCUT2D eigenvalue weighted by Gasteiger charge is -2.40. The Kier molecular flexibility index (Phi) is 3.55. The standard InChI is InChI=1S/C9H16O6/c10-4-5-8-6(11)7(12)9(15-5)14-3-1-2-13-8/h5-12H,1-4H2. The van der Waals surface area contributed by atoms with Crippen molar-refractivity contribution in [3.05, 3.63) is 0 Å². The molecule has 0 spiro atoms. The van der Waals surface area contributed by atoms with E-state index in [9.17, 15) is 10.2 Å². The van der Waals surface area contributed by atoms with Crippen molar-refractivity contribution in [3.63, 3.8) is 0 Å². The Balaban J connectivity index is 2.16. The van der Waals surface area contributed by atoms with Crippen LogP contribution in [0.5, 0.6) is 0 Å². The molecule has 0 aliphatic carbocycles. The quantitative estimate of drug-likeness (QED) is 0.485. The minimum Gasteiger partial charge on any atom is -0.394 e. The number of ether oxygens (including phenoxy) is 3. The van der Waals surface area contributed by atoms with E-state index >= 15 is 0 Å². The van der Waals surface area contributed by atoms with Crippen molar-refractivity contribution >= 4 is 0 Å². The first kappa shape index (κ1) is 11.3. The zero-order chi connectivity index (χ0) is 10.8. The number of hydrogen-bond donors (Lipinski definition) is 3. The van der Waals surface area contributed by atoms with Gasteiger partial charge >= 0.3 is 0 Å². The van der Waals surface area contributed by atoms with E-state index < -0.39 is 30.7 Å². The lowest BCUT2D eigenvalue weighted by molar-refractivity contribution is -0.298. The van der Waals surface area contributed by atoms with Crippen LogP contribution in [-0.2, 0) is 14.2 Å². The molecule has 3 fully saturated rings. The Bertz CT molecular complexity index is 207. The summed E-state index contributed by atoms with van der Waals surface area (Å²) in [7, 11) is 0. The fourth-order valence-corrected chi connectivity index (χ4v) is 1.87. The van der Waals surface area contributed by atoms with Crippen molar-refractivity contribution in [1.82, 2.24) is 0 Å². The van der Waals surface area contributed by atoms with Crippen LogP contribution in [0, 0.1) is 0 Å². The first-order valence-electron chi connectivity index (χ1n) is 5.09. The minimum absolute atomic E-state index is 0.270. The van der Waals surface area contributed by atoms with Crippen molar-refractivity contribution in [1.29, 1.82) is 0 Å². The van der Waals surface area contributed by atoms with Crippen LogP contribution >= 0.6 is 0 Å². The first-order chi connectivity index (χ1) is 7.24. The third-order valence-corrected chi connectivity index (χ3v) is 2.70. The molecule has 3 aliphatic rings. The minimum atomic E-state index is -1.13. The summed E-state index contributed by atoms with van der Waals surface area (Å²) in [5, 5.41) is 28.5. The van der Waals surface area contributed by atoms with E-state index in [0.29, 0.717) is 19.6 Å². The van der Waals surface area contributed by atoms with Crippen LogP contribution in [-0.4, -0.2) is 65.8 Å². The van der Waals surface area contributed by atoms with Gasteiger partial charge in [-0.05, 0) is 6.42 Å². The monoisotopic (exact) mass is 220 g/mol. The van der Waals surface area contributed by atoms with Gasteiger partial charge in [0.05, 0.1) is 13.2 Å². The van der Waals surface area contributed by atoms with Crippen LogP contribution in [0.15, 0.2) is 0 Å². The van der Waals surface area contributed by atoms with Gasteiger partial charge in [0.2, 0.25) is 0 Å². The maximum Gasteiger partial charge on any atom is 0.186 e. The van der Waals surface area contributed by atoms with Crippen LogP contribution in [0.4, 0.5) is 0 Å². The molecule has 3 aliphatic heterocycles. The summed E-state index contributed by atoms with van der Waals surface area (Å²) in [5.74, 6) is 0. The fourth-order valence-electron chi connectivity index (χ4n) is 1.87. The lowest BCUT2D eigenvalue weighted by Crippen LogP contribution is -2.59.